The molecule has 6 heteroatoms. The number of aromatic nitrogens is 1. The van der Waals surface area contributed by atoms with Crippen molar-refractivity contribution in [3.63, 3.8) is 0 Å². The van der Waals surface area contributed by atoms with Crippen molar-refractivity contribution in [2.24, 2.45) is 0 Å². The molecule has 3 nitrogen and oxygen atoms in total. The van der Waals surface area contributed by atoms with Crippen molar-refractivity contribution in [3.8, 4) is 0 Å². The zero-order valence-electron chi connectivity index (χ0n) is 9.88. The molecule has 0 bridgehead atoms. The second-order valence-corrected chi connectivity index (χ2v) is 6.43. The average molecular weight is 449 g/mol. The highest BCUT2D eigenvalue weighted by Gasteiger charge is 2.11. The van der Waals surface area contributed by atoms with Crippen molar-refractivity contribution in [1.29, 1.82) is 0 Å². The van der Waals surface area contributed by atoms with Gasteiger partial charge in [0.15, 0.2) is 0 Å². The number of nitrogens with one attached hydrogen (secondary N) is 1. The van der Waals surface area contributed by atoms with Crippen LogP contribution < -0.4 is 5.32 Å². The first-order valence-electron chi connectivity index (χ1n) is 5.36. The molecule has 0 unspecified atom stereocenters. The highest BCUT2D eigenvalue weighted by Crippen LogP contribution is 2.23. The van der Waals surface area contributed by atoms with Gasteiger partial charge in [-0.15, -0.1) is 0 Å². The number of nitrogens with zero attached hydrogens (tertiary/aromatic N) is 1. The molecule has 1 amide bonds. The molecule has 0 aliphatic carbocycles. The third-order valence-electron chi connectivity index (χ3n) is 2.45. The van der Waals surface area contributed by atoms with E-state index >= 15 is 0 Å². The fourth-order valence-corrected chi connectivity index (χ4v) is 2.50. The third-order valence-corrected chi connectivity index (χ3v) is 4.46. The summed E-state index contributed by atoms with van der Waals surface area (Å²) in [5.41, 5.74) is 2.19. The van der Waals surface area contributed by atoms with E-state index in [4.69, 9.17) is 0 Å². The molecule has 0 spiro atoms. The van der Waals surface area contributed by atoms with Gasteiger partial charge in [-0.05, 0) is 68.6 Å². The summed E-state index contributed by atoms with van der Waals surface area (Å²) in [4.78, 5) is 16.3. The zero-order chi connectivity index (χ0) is 14.0. The Kier molecular flexibility index (Phi) is 4.76. The number of rotatable bonds is 2. The van der Waals surface area contributed by atoms with Crippen LogP contribution in [0, 0.1) is 6.92 Å². The van der Waals surface area contributed by atoms with Gasteiger partial charge < -0.3 is 5.32 Å². The van der Waals surface area contributed by atoms with Crippen LogP contribution in [0.1, 0.15) is 15.9 Å². The predicted molar refractivity (Wildman–Crippen MR) is 86.5 cm³/mol. The van der Waals surface area contributed by atoms with Crippen LogP contribution in [0.15, 0.2) is 44.0 Å². The number of carbonyl (C=O) groups excluding carboxylic acids is 1. The van der Waals surface area contributed by atoms with Gasteiger partial charge in [-0.2, -0.15) is 0 Å². The van der Waals surface area contributed by atoms with Gasteiger partial charge >= 0.3 is 0 Å². The first-order chi connectivity index (χ1) is 8.97. The molecule has 19 heavy (non-hydrogen) atoms. The number of hydrogen-bond donors (Lipinski definition) is 1. The number of benzene rings is 1. The van der Waals surface area contributed by atoms with E-state index in [9.17, 15) is 4.79 Å². The van der Waals surface area contributed by atoms with Crippen LogP contribution in [0.5, 0.6) is 0 Å². The van der Waals surface area contributed by atoms with Gasteiger partial charge in [0.1, 0.15) is 4.60 Å². The SMILES string of the molecule is Cc1cc(NC(=O)c2cc(Br)ccc2Br)cnc1Br. The van der Waals surface area contributed by atoms with Gasteiger partial charge in [-0.3, -0.25) is 4.79 Å². The van der Waals surface area contributed by atoms with Crippen molar-refractivity contribution in [2.45, 2.75) is 6.92 Å². The van der Waals surface area contributed by atoms with E-state index in [0.29, 0.717) is 11.3 Å². The van der Waals surface area contributed by atoms with E-state index in [0.717, 1.165) is 19.1 Å². The average Bonchev–Trinajstić information content (AvgIpc) is 2.36. The Labute approximate surface area is 136 Å². The Bertz CT molecular complexity index is 644. The number of pyridine rings is 1. The summed E-state index contributed by atoms with van der Waals surface area (Å²) < 4.78 is 2.37. The Morgan fingerprint density at radius 2 is 1.95 bits per heavy atom. The maximum absolute atomic E-state index is 12.2. The molecular formula is C13H9Br3N2O. The molecule has 0 aliphatic heterocycles. The lowest BCUT2D eigenvalue weighted by molar-refractivity contribution is 0.102. The summed E-state index contributed by atoms with van der Waals surface area (Å²) in [5, 5.41) is 2.82. The number of anilines is 1. The summed E-state index contributed by atoms with van der Waals surface area (Å²) in [6.45, 7) is 1.92. The predicted octanol–water partition coefficient (Wildman–Crippen LogP) is 4.93. The number of carbonyl (C=O) groups is 1. The van der Waals surface area contributed by atoms with E-state index in [-0.39, 0.29) is 5.91 Å². The highest BCUT2D eigenvalue weighted by atomic mass is 79.9. The normalized spacial score (nSPS) is 10.3. The Morgan fingerprint density at radius 3 is 2.63 bits per heavy atom. The summed E-state index contributed by atoms with van der Waals surface area (Å²) in [5.74, 6) is -0.184. The van der Waals surface area contributed by atoms with Crippen LogP contribution >= 0.6 is 47.8 Å². The van der Waals surface area contributed by atoms with Crippen molar-refractivity contribution >= 4 is 59.4 Å². The first kappa shape index (κ1) is 14.7. The fraction of sp³-hybridized carbons (Fsp3) is 0.0769. The second-order valence-electron chi connectivity index (χ2n) is 3.91. The van der Waals surface area contributed by atoms with Crippen molar-refractivity contribution in [1.82, 2.24) is 4.98 Å². The second kappa shape index (κ2) is 6.15. The van der Waals surface area contributed by atoms with Crippen LogP contribution in [0.3, 0.4) is 0 Å². The number of hydrogen-bond acceptors (Lipinski definition) is 2. The number of amides is 1. The van der Waals surface area contributed by atoms with Crippen LogP contribution in [0.2, 0.25) is 0 Å². The lowest BCUT2D eigenvalue weighted by atomic mass is 10.2. The molecule has 2 rings (SSSR count). The molecule has 1 N–H and O–H groups in total. The number of halogens is 3. The minimum Gasteiger partial charge on any atom is -0.321 e. The molecule has 0 radical (unpaired) electrons. The quantitative estimate of drug-likeness (QED) is 0.662. The Hall–Kier alpha value is -0.720. The summed E-state index contributed by atoms with van der Waals surface area (Å²) in [6.07, 6.45) is 1.61. The largest absolute Gasteiger partial charge is 0.321 e. The maximum atomic E-state index is 12.2. The van der Waals surface area contributed by atoms with E-state index in [1.807, 2.05) is 25.1 Å². The monoisotopic (exact) mass is 446 g/mol. The van der Waals surface area contributed by atoms with E-state index < -0.39 is 0 Å². The molecular weight excluding hydrogens is 440 g/mol. The van der Waals surface area contributed by atoms with Gasteiger partial charge in [0.25, 0.3) is 5.91 Å². The molecule has 1 aromatic carbocycles. The Balaban J connectivity index is 2.25. The minimum absolute atomic E-state index is 0.184. The Morgan fingerprint density at radius 1 is 1.21 bits per heavy atom. The van der Waals surface area contributed by atoms with Gasteiger partial charge in [-0.25, -0.2) is 4.98 Å². The van der Waals surface area contributed by atoms with Crippen LogP contribution in [-0.4, -0.2) is 10.9 Å². The van der Waals surface area contributed by atoms with E-state index in [1.54, 1.807) is 12.3 Å². The molecule has 0 fully saturated rings. The van der Waals surface area contributed by atoms with Crippen molar-refractivity contribution in [2.75, 3.05) is 5.32 Å². The molecule has 1 heterocycles. The van der Waals surface area contributed by atoms with Crippen LogP contribution in [0.4, 0.5) is 5.69 Å². The lowest BCUT2D eigenvalue weighted by Crippen LogP contribution is -2.13. The van der Waals surface area contributed by atoms with Gasteiger partial charge in [0.05, 0.1) is 17.4 Å². The summed E-state index contributed by atoms with van der Waals surface area (Å²) in [6, 6.07) is 7.32. The first-order valence-corrected chi connectivity index (χ1v) is 7.74. The fourth-order valence-electron chi connectivity index (χ4n) is 1.50. The van der Waals surface area contributed by atoms with E-state index in [2.05, 4.69) is 58.1 Å². The molecule has 0 atom stereocenters. The highest BCUT2D eigenvalue weighted by molar-refractivity contribution is 9.11. The zero-order valence-corrected chi connectivity index (χ0v) is 14.6. The topological polar surface area (TPSA) is 42.0 Å². The third kappa shape index (κ3) is 3.64. The van der Waals surface area contributed by atoms with Crippen molar-refractivity contribution < 1.29 is 4.79 Å². The molecule has 0 aliphatic rings. The van der Waals surface area contributed by atoms with Crippen molar-refractivity contribution in [3.05, 3.63) is 55.1 Å². The standard InChI is InChI=1S/C13H9Br3N2O/c1-7-4-9(6-17-12(7)16)18-13(19)10-5-8(14)2-3-11(10)15/h2-6H,1H3,(H,18,19). The number of aryl methyl sites for hydroxylation is 1. The molecule has 0 saturated heterocycles. The molecule has 1 aromatic heterocycles. The maximum Gasteiger partial charge on any atom is 0.256 e. The van der Waals surface area contributed by atoms with Crippen LogP contribution in [0.25, 0.3) is 0 Å². The molecule has 2 aromatic rings. The van der Waals surface area contributed by atoms with E-state index in [1.165, 1.54) is 0 Å². The molecule has 0 saturated carbocycles. The van der Waals surface area contributed by atoms with Crippen LogP contribution in [-0.2, 0) is 0 Å². The lowest BCUT2D eigenvalue weighted by Gasteiger charge is -2.08. The summed E-state index contributed by atoms with van der Waals surface area (Å²) in [7, 11) is 0. The summed E-state index contributed by atoms with van der Waals surface area (Å²) >= 11 is 10.0. The van der Waals surface area contributed by atoms with Gasteiger partial charge in [0.2, 0.25) is 0 Å². The minimum atomic E-state index is -0.184. The van der Waals surface area contributed by atoms with Gasteiger partial charge in [0, 0.05) is 8.95 Å². The smallest absolute Gasteiger partial charge is 0.256 e. The molecule has 98 valence electrons. The van der Waals surface area contributed by atoms with Gasteiger partial charge in [-0.1, -0.05) is 15.9 Å².